The van der Waals surface area contributed by atoms with E-state index >= 15 is 0 Å². The average molecular weight is 294 g/mol. The van der Waals surface area contributed by atoms with Crippen LogP contribution in [0.2, 0.25) is 5.02 Å². The Morgan fingerprint density at radius 2 is 2.17 bits per heavy atom. The molecule has 1 aromatic rings. The van der Waals surface area contributed by atoms with Gasteiger partial charge in [0, 0.05) is 12.6 Å². The highest BCUT2D eigenvalue weighted by atomic mass is 35.5. The molecule has 0 bridgehead atoms. The summed E-state index contributed by atoms with van der Waals surface area (Å²) in [7, 11) is -3.66. The van der Waals surface area contributed by atoms with Crippen LogP contribution in [0.1, 0.15) is 13.8 Å². The first-order valence-corrected chi connectivity index (χ1v) is 7.33. The smallest absolute Gasteiger partial charge is 0.240 e. The van der Waals surface area contributed by atoms with Gasteiger partial charge in [0.05, 0.1) is 22.6 Å². The van der Waals surface area contributed by atoms with Gasteiger partial charge in [-0.3, -0.25) is 0 Å². The molecule has 0 aliphatic heterocycles. The van der Waals surface area contributed by atoms with Crippen LogP contribution in [-0.2, 0) is 10.0 Å². The highest BCUT2D eigenvalue weighted by Crippen LogP contribution is 2.27. The Balaban J connectivity index is 2.98. The first-order valence-electron chi connectivity index (χ1n) is 5.47. The maximum absolute atomic E-state index is 11.9. The van der Waals surface area contributed by atoms with Gasteiger partial charge in [-0.1, -0.05) is 11.6 Å². The van der Waals surface area contributed by atoms with E-state index in [1.165, 1.54) is 25.1 Å². The van der Waals surface area contributed by atoms with E-state index in [2.05, 4.69) is 4.72 Å². The van der Waals surface area contributed by atoms with E-state index in [-0.39, 0.29) is 11.4 Å². The number of hydrogen-bond acceptors (Lipinski definition) is 4. The van der Waals surface area contributed by atoms with E-state index in [0.29, 0.717) is 17.4 Å². The molecular formula is C11H16ClNO4S. The molecule has 5 nitrogen and oxygen atoms in total. The van der Waals surface area contributed by atoms with Gasteiger partial charge in [-0.2, -0.15) is 0 Å². The Labute approximate surface area is 112 Å². The van der Waals surface area contributed by atoms with Crippen molar-refractivity contribution in [2.24, 2.45) is 0 Å². The number of aliphatic hydroxyl groups excluding tert-OH is 1. The Morgan fingerprint density at radius 3 is 2.72 bits per heavy atom. The monoisotopic (exact) mass is 293 g/mol. The summed E-state index contributed by atoms with van der Waals surface area (Å²) in [5.41, 5.74) is 0. The molecule has 0 aliphatic carbocycles. The number of sulfonamides is 1. The molecule has 7 heteroatoms. The van der Waals surface area contributed by atoms with Crippen molar-refractivity contribution in [3.8, 4) is 5.75 Å². The fourth-order valence-electron chi connectivity index (χ4n) is 1.23. The lowest BCUT2D eigenvalue weighted by atomic mass is 10.3. The number of aliphatic hydroxyl groups is 1. The lowest BCUT2D eigenvalue weighted by molar-refractivity contribution is 0.198. The predicted octanol–water partition coefficient (Wildman–Crippen LogP) is 1.40. The fraction of sp³-hybridized carbons (Fsp3) is 0.455. The number of halogens is 1. The van der Waals surface area contributed by atoms with E-state index in [9.17, 15) is 8.42 Å². The normalized spacial score (nSPS) is 13.3. The SMILES string of the molecule is CCOc1cc(S(=O)(=O)NCC(C)O)ccc1Cl. The van der Waals surface area contributed by atoms with Crippen LogP contribution >= 0.6 is 11.6 Å². The van der Waals surface area contributed by atoms with Gasteiger partial charge in [-0.15, -0.1) is 0 Å². The van der Waals surface area contributed by atoms with Crippen molar-refractivity contribution in [1.82, 2.24) is 4.72 Å². The van der Waals surface area contributed by atoms with Crippen molar-refractivity contribution < 1.29 is 18.3 Å². The molecule has 0 heterocycles. The summed E-state index contributed by atoms with van der Waals surface area (Å²) in [4.78, 5) is 0.0519. The van der Waals surface area contributed by atoms with Crippen LogP contribution < -0.4 is 9.46 Å². The second-order valence-corrected chi connectivity index (χ2v) is 5.90. The van der Waals surface area contributed by atoms with Gasteiger partial charge in [0.1, 0.15) is 5.75 Å². The topological polar surface area (TPSA) is 75.6 Å². The molecule has 1 unspecified atom stereocenters. The summed E-state index contributed by atoms with van der Waals surface area (Å²) in [6, 6.07) is 4.20. The zero-order valence-corrected chi connectivity index (χ0v) is 11.8. The largest absolute Gasteiger partial charge is 0.492 e. The van der Waals surface area contributed by atoms with E-state index in [0.717, 1.165) is 0 Å². The van der Waals surface area contributed by atoms with E-state index < -0.39 is 16.1 Å². The van der Waals surface area contributed by atoms with Crippen molar-refractivity contribution in [3.63, 3.8) is 0 Å². The van der Waals surface area contributed by atoms with E-state index in [1.54, 1.807) is 6.92 Å². The van der Waals surface area contributed by atoms with Crippen LogP contribution in [0.15, 0.2) is 23.1 Å². The molecule has 0 saturated heterocycles. The van der Waals surface area contributed by atoms with Crippen LogP contribution in [0.4, 0.5) is 0 Å². The predicted molar refractivity (Wildman–Crippen MR) is 69.5 cm³/mol. The maximum Gasteiger partial charge on any atom is 0.240 e. The number of hydrogen-bond donors (Lipinski definition) is 2. The Kier molecular flexibility index (Phi) is 5.40. The standard InChI is InChI=1S/C11H16ClNO4S/c1-3-17-11-6-9(4-5-10(11)12)18(15,16)13-7-8(2)14/h4-6,8,13-14H,3,7H2,1-2H3. The average Bonchev–Trinajstić information content (AvgIpc) is 2.29. The number of benzene rings is 1. The number of rotatable bonds is 6. The van der Waals surface area contributed by atoms with Gasteiger partial charge in [0.2, 0.25) is 10.0 Å². The van der Waals surface area contributed by atoms with Gasteiger partial charge in [0.15, 0.2) is 0 Å². The van der Waals surface area contributed by atoms with Gasteiger partial charge in [-0.25, -0.2) is 13.1 Å². The molecule has 1 rings (SSSR count). The second-order valence-electron chi connectivity index (χ2n) is 3.73. The third-order valence-electron chi connectivity index (χ3n) is 2.08. The Morgan fingerprint density at radius 1 is 1.50 bits per heavy atom. The molecule has 1 atom stereocenters. The van der Waals surface area contributed by atoms with Crippen molar-refractivity contribution >= 4 is 21.6 Å². The third kappa shape index (κ3) is 4.13. The Bertz CT molecular complexity index is 502. The molecule has 0 spiro atoms. The lowest BCUT2D eigenvalue weighted by Crippen LogP contribution is -2.30. The summed E-state index contributed by atoms with van der Waals surface area (Å²) in [5, 5.41) is 9.43. The van der Waals surface area contributed by atoms with Gasteiger partial charge >= 0.3 is 0 Å². The molecule has 0 radical (unpaired) electrons. The zero-order valence-electron chi connectivity index (χ0n) is 10.2. The summed E-state index contributed by atoms with van der Waals surface area (Å²) in [5.74, 6) is 0.319. The highest BCUT2D eigenvalue weighted by Gasteiger charge is 2.16. The molecule has 18 heavy (non-hydrogen) atoms. The van der Waals surface area contributed by atoms with E-state index in [1.807, 2.05) is 0 Å². The van der Waals surface area contributed by atoms with Gasteiger partial charge in [0.25, 0.3) is 0 Å². The molecule has 0 amide bonds. The number of ether oxygens (including phenoxy) is 1. The Hall–Kier alpha value is -0.820. The summed E-state index contributed by atoms with van der Waals surface area (Å²) < 4.78 is 31.3. The molecule has 2 N–H and O–H groups in total. The number of nitrogens with one attached hydrogen (secondary N) is 1. The first-order chi connectivity index (χ1) is 8.36. The van der Waals surface area contributed by atoms with Crippen molar-refractivity contribution in [3.05, 3.63) is 23.2 Å². The van der Waals surface area contributed by atoms with Gasteiger partial charge < -0.3 is 9.84 Å². The molecule has 0 aromatic heterocycles. The highest BCUT2D eigenvalue weighted by molar-refractivity contribution is 7.89. The molecular weight excluding hydrogens is 278 g/mol. The minimum Gasteiger partial charge on any atom is -0.492 e. The fourth-order valence-corrected chi connectivity index (χ4v) is 2.54. The maximum atomic E-state index is 11.9. The minimum absolute atomic E-state index is 0.0467. The summed E-state index contributed by atoms with van der Waals surface area (Å²) in [6.07, 6.45) is -0.751. The van der Waals surface area contributed by atoms with Crippen LogP contribution in [0.5, 0.6) is 5.75 Å². The lowest BCUT2D eigenvalue weighted by Gasteiger charge is -2.11. The van der Waals surface area contributed by atoms with Crippen molar-refractivity contribution in [2.45, 2.75) is 24.8 Å². The molecule has 0 saturated carbocycles. The zero-order chi connectivity index (χ0) is 13.8. The molecule has 1 aromatic carbocycles. The minimum atomic E-state index is -3.66. The molecule has 0 aliphatic rings. The van der Waals surface area contributed by atoms with E-state index in [4.69, 9.17) is 21.4 Å². The molecule has 102 valence electrons. The van der Waals surface area contributed by atoms with Crippen LogP contribution in [0, 0.1) is 0 Å². The first kappa shape index (κ1) is 15.2. The molecule has 0 fully saturated rings. The van der Waals surface area contributed by atoms with Crippen molar-refractivity contribution in [2.75, 3.05) is 13.2 Å². The quantitative estimate of drug-likeness (QED) is 0.831. The van der Waals surface area contributed by atoms with Crippen LogP contribution in [0.3, 0.4) is 0 Å². The summed E-state index contributed by atoms with van der Waals surface area (Å²) >= 11 is 5.87. The van der Waals surface area contributed by atoms with Crippen molar-refractivity contribution in [1.29, 1.82) is 0 Å². The second kappa shape index (κ2) is 6.38. The van der Waals surface area contributed by atoms with Crippen LogP contribution in [-0.4, -0.2) is 32.8 Å². The summed E-state index contributed by atoms with van der Waals surface area (Å²) in [6.45, 7) is 3.62. The van der Waals surface area contributed by atoms with Crippen LogP contribution in [0.25, 0.3) is 0 Å². The van der Waals surface area contributed by atoms with Gasteiger partial charge in [-0.05, 0) is 26.0 Å². The third-order valence-corrected chi connectivity index (χ3v) is 3.82.